The molecule has 0 aliphatic carbocycles. The van der Waals surface area contributed by atoms with E-state index in [1.165, 1.54) is 0 Å². The van der Waals surface area contributed by atoms with Crippen molar-refractivity contribution in [2.24, 2.45) is 0 Å². The standard InChI is InChI=1S/C12H7F2I3O7S/c13-12(14,25(20,21)22)5-23-9(18)1-2-10(19)24-11-7(16)3-6(15)4-8(11)17/h1-4H,5H2,(H,20,21,22)/b2-1+. The summed E-state index contributed by atoms with van der Waals surface area (Å²) in [7, 11) is -5.71. The lowest BCUT2D eigenvalue weighted by Crippen LogP contribution is -2.34. The van der Waals surface area contributed by atoms with Gasteiger partial charge in [0.15, 0.2) is 12.4 Å². The van der Waals surface area contributed by atoms with Gasteiger partial charge in [-0.2, -0.15) is 17.2 Å². The highest BCUT2D eigenvalue weighted by Crippen LogP contribution is 2.29. The Morgan fingerprint density at radius 3 is 2.08 bits per heavy atom. The lowest BCUT2D eigenvalue weighted by Gasteiger charge is -2.11. The maximum absolute atomic E-state index is 12.9. The Kier molecular flexibility index (Phi) is 8.41. The number of halogens is 5. The van der Waals surface area contributed by atoms with Crippen molar-refractivity contribution >= 4 is 89.8 Å². The summed E-state index contributed by atoms with van der Waals surface area (Å²) in [6.45, 7) is -1.89. The van der Waals surface area contributed by atoms with E-state index < -0.39 is 33.9 Å². The van der Waals surface area contributed by atoms with Gasteiger partial charge in [-0.05, 0) is 79.9 Å². The molecular weight excluding hydrogens is 707 g/mol. The van der Waals surface area contributed by atoms with Crippen LogP contribution in [0.25, 0.3) is 0 Å². The first-order valence-electron chi connectivity index (χ1n) is 5.89. The topological polar surface area (TPSA) is 107 Å². The van der Waals surface area contributed by atoms with Gasteiger partial charge in [-0.25, -0.2) is 9.59 Å². The largest absolute Gasteiger partial charge is 0.455 e. The van der Waals surface area contributed by atoms with Crippen LogP contribution in [0.4, 0.5) is 8.78 Å². The number of esters is 2. The van der Waals surface area contributed by atoms with Crippen LogP contribution in [0.1, 0.15) is 0 Å². The van der Waals surface area contributed by atoms with Crippen LogP contribution >= 0.6 is 67.8 Å². The lowest BCUT2D eigenvalue weighted by molar-refractivity contribution is -0.144. The van der Waals surface area contributed by atoms with Crippen molar-refractivity contribution in [1.82, 2.24) is 0 Å². The molecule has 0 radical (unpaired) electrons. The van der Waals surface area contributed by atoms with Crippen LogP contribution in [0, 0.1) is 10.7 Å². The molecular formula is C12H7F2I3O7S. The SMILES string of the molecule is O=C(/C=C/C(=O)Oc1c(I)cc(I)cc1I)OCC(F)(F)S(=O)(=O)O. The highest BCUT2D eigenvalue weighted by atomic mass is 127. The van der Waals surface area contributed by atoms with Crippen LogP contribution < -0.4 is 4.74 Å². The van der Waals surface area contributed by atoms with Crippen molar-refractivity contribution in [3.8, 4) is 5.75 Å². The molecule has 0 heterocycles. The molecule has 138 valence electrons. The Labute approximate surface area is 181 Å². The van der Waals surface area contributed by atoms with Crippen LogP contribution in [0.3, 0.4) is 0 Å². The van der Waals surface area contributed by atoms with Gasteiger partial charge in [0.05, 0.1) is 7.14 Å². The smallest absolute Gasteiger partial charge is 0.402 e. The first-order valence-corrected chi connectivity index (χ1v) is 10.6. The van der Waals surface area contributed by atoms with Gasteiger partial charge >= 0.3 is 27.3 Å². The summed E-state index contributed by atoms with van der Waals surface area (Å²) >= 11 is 5.98. The minimum atomic E-state index is -5.71. The Hall–Kier alpha value is -0.140. The second-order valence-corrected chi connectivity index (χ2v) is 9.29. The zero-order chi connectivity index (χ0) is 19.4. The molecule has 0 fully saturated rings. The average molecular weight is 714 g/mol. The second kappa shape index (κ2) is 9.18. The van der Waals surface area contributed by atoms with E-state index in [1.54, 1.807) is 12.1 Å². The predicted octanol–water partition coefficient (Wildman–Crippen LogP) is 2.99. The molecule has 0 atom stereocenters. The molecule has 1 rings (SSSR count). The number of ether oxygens (including phenoxy) is 2. The minimum Gasteiger partial charge on any atom is -0.455 e. The summed E-state index contributed by atoms with van der Waals surface area (Å²) in [5.41, 5.74) is 0. The molecule has 0 saturated heterocycles. The summed E-state index contributed by atoms with van der Waals surface area (Å²) in [5, 5.41) is -4.65. The number of carbonyl (C=O) groups excluding carboxylic acids is 2. The monoisotopic (exact) mass is 714 g/mol. The fourth-order valence-electron chi connectivity index (χ4n) is 1.17. The molecule has 13 heteroatoms. The Balaban J connectivity index is 2.67. The minimum absolute atomic E-state index is 0.266. The van der Waals surface area contributed by atoms with Crippen molar-refractivity contribution < 1.29 is 40.8 Å². The fraction of sp³-hybridized carbons (Fsp3) is 0.167. The Morgan fingerprint density at radius 2 is 1.60 bits per heavy atom. The van der Waals surface area contributed by atoms with Gasteiger partial charge in [-0.1, -0.05) is 0 Å². The van der Waals surface area contributed by atoms with Gasteiger partial charge in [0, 0.05) is 15.7 Å². The highest BCUT2D eigenvalue weighted by Gasteiger charge is 2.45. The van der Waals surface area contributed by atoms with E-state index >= 15 is 0 Å². The maximum atomic E-state index is 12.9. The van der Waals surface area contributed by atoms with Crippen molar-refractivity contribution in [2.45, 2.75) is 5.25 Å². The molecule has 25 heavy (non-hydrogen) atoms. The third-order valence-corrected chi connectivity index (χ3v) is 5.38. The molecule has 0 spiro atoms. The van der Waals surface area contributed by atoms with Gasteiger partial charge in [-0.3, -0.25) is 4.55 Å². The molecule has 1 aromatic carbocycles. The zero-order valence-electron chi connectivity index (χ0n) is 11.7. The highest BCUT2D eigenvalue weighted by molar-refractivity contribution is 14.1. The molecule has 0 aliphatic heterocycles. The van der Waals surface area contributed by atoms with E-state index in [1.807, 2.05) is 45.2 Å². The molecule has 0 amide bonds. The third kappa shape index (κ3) is 7.18. The third-order valence-electron chi connectivity index (χ3n) is 2.28. The summed E-state index contributed by atoms with van der Waals surface area (Å²) in [6.07, 6.45) is 1.13. The molecule has 0 unspecified atom stereocenters. The Bertz CT molecular complexity index is 801. The zero-order valence-corrected chi connectivity index (χ0v) is 19.0. The molecule has 0 bridgehead atoms. The van der Waals surface area contributed by atoms with Crippen LogP contribution in [0.2, 0.25) is 0 Å². The summed E-state index contributed by atoms with van der Waals surface area (Å²) in [6, 6.07) is 3.50. The molecule has 7 nitrogen and oxygen atoms in total. The van der Waals surface area contributed by atoms with Crippen LogP contribution in [0.5, 0.6) is 5.75 Å². The maximum Gasteiger partial charge on any atom is 0.402 e. The number of alkyl halides is 2. The van der Waals surface area contributed by atoms with Crippen molar-refractivity contribution in [3.63, 3.8) is 0 Å². The van der Waals surface area contributed by atoms with E-state index in [2.05, 4.69) is 27.3 Å². The molecule has 0 aliphatic rings. The lowest BCUT2D eigenvalue weighted by atomic mass is 10.3. The summed E-state index contributed by atoms with van der Waals surface area (Å²) in [5.74, 6) is -2.11. The van der Waals surface area contributed by atoms with Crippen LogP contribution in [0.15, 0.2) is 24.3 Å². The van der Waals surface area contributed by atoms with E-state index in [0.717, 1.165) is 3.57 Å². The average Bonchev–Trinajstić information content (AvgIpc) is 2.45. The van der Waals surface area contributed by atoms with E-state index in [9.17, 15) is 26.8 Å². The van der Waals surface area contributed by atoms with Crippen LogP contribution in [-0.4, -0.2) is 36.8 Å². The summed E-state index contributed by atoms with van der Waals surface area (Å²) in [4.78, 5) is 22.9. The molecule has 0 aromatic heterocycles. The van der Waals surface area contributed by atoms with Gasteiger partial charge in [-0.15, -0.1) is 0 Å². The van der Waals surface area contributed by atoms with Gasteiger partial charge < -0.3 is 9.47 Å². The number of benzene rings is 1. The molecule has 0 saturated carbocycles. The Morgan fingerprint density at radius 1 is 1.12 bits per heavy atom. The van der Waals surface area contributed by atoms with Crippen LogP contribution in [-0.2, 0) is 24.4 Å². The van der Waals surface area contributed by atoms with Gasteiger partial charge in [0.1, 0.15) is 0 Å². The molecule has 1 aromatic rings. The number of carbonyl (C=O) groups is 2. The summed E-state index contributed by atoms with van der Waals surface area (Å²) < 4.78 is 65.9. The first-order chi connectivity index (χ1) is 11.3. The number of hydrogen-bond donors (Lipinski definition) is 1. The quantitative estimate of drug-likeness (QED) is 0.159. The first kappa shape index (κ1) is 22.9. The fourth-order valence-corrected chi connectivity index (χ4v) is 5.19. The number of rotatable bonds is 6. The second-order valence-electron chi connectivity index (χ2n) is 4.17. The van der Waals surface area contributed by atoms with Crippen molar-refractivity contribution in [1.29, 1.82) is 0 Å². The van der Waals surface area contributed by atoms with Crippen molar-refractivity contribution in [2.75, 3.05) is 6.61 Å². The van der Waals surface area contributed by atoms with E-state index in [4.69, 9.17) is 9.29 Å². The predicted molar refractivity (Wildman–Crippen MR) is 107 cm³/mol. The normalized spacial score (nSPS) is 12.2. The van der Waals surface area contributed by atoms with Gasteiger partial charge in [0.25, 0.3) is 0 Å². The van der Waals surface area contributed by atoms with Gasteiger partial charge in [0.2, 0.25) is 0 Å². The number of hydrogen-bond acceptors (Lipinski definition) is 6. The van der Waals surface area contributed by atoms with E-state index in [0.29, 0.717) is 19.3 Å². The molecule has 1 N–H and O–H groups in total. The van der Waals surface area contributed by atoms with E-state index in [-0.39, 0.29) is 5.75 Å². The van der Waals surface area contributed by atoms with Crippen molar-refractivity contribution in [3.05, 3.63) is 35.0 Å².